The molecule has 0 atom stereocenters. The molecular weight excluding hydrogens is 338 g/mol. The van der Waals surface area contributed by atoms with Crippen LogP contribution >= 0.6 is 11.3 Å². The molecule has 4 rings (SSSR count). The number of carbonyl (C=O) groups is 1. The first-order chi connectivity index (χ1) is 12.1. The Hall–Kier alpha value is -3.00. The van der Waals surface area contributed by atoms with E-state index in [1.54, 1.807) is 35.5 Å². The third-order valence-corrected chi connectivity index (χ3v) is 4.42. The molecule has 0 aliphatic heterocycles. The minimum Gasteiger partial charge on any atom is -0.463 e. The summed E-state index contributed by atoms with van der Waals surface area (Å²) in [6, 6.07) is 5.44. The van der Waals surface area contributed by atoms with Gasteiger partial charge >= 0.3 is 0 Å². The van der Waals surface area contributed by atoms with E-state index in [0.29, 0.717) is 33.2 Å². The summed E-state index contributed by atoms with van der Waals surface area (Å²) in [5, 5.41) is 10.3. The molecule has 0 aliphatic rings. The van der Waals surface area contributed by atoms with Crippen LogP contribution in [0.1, 0.15) is 30.2 Å². The number of hydrogen-bond acceptors (Lipinski definition) is 6. The van der Waals surface area contributed by atoms with Gasteiger partial charge in [-0.05, 0) is 32.0 Å². The van der Waals surface area contributed by atoms with Crippen LogP contribution < -0.4 is 5.32 Å². The first-order valence-corrected chi connectivity index (χ1v) is 8.64. The largest absolute Gasteiger partial charge is 0.463 e. The van der Waals surface area contributed by atoms with Crippen molar-refractivity contribution in [1.29, 1.82) is 0 Å². The summed E-state index contributed by atoms with van der Waals surface area (Å²) in [6.45, 7) is 4.03. The van der Waals surface area contributed by atoms with Crippen molar-refractivity contribution >= 4 is 33.4 Å². The zero-order valence-corrected chi connectivity index (χ0v) is 14.4. The van der Waals surface area contributed by atoms with E-state index in [4.69, 9.17) is 4.42 Å². The van der Waals surface area contributed by atoms with E-state index < -0.39 is 0 Å². The van der Waals surface area contributed by atoms with Gasteiger partial charge in [-0.2, -0.15) is 5.10 Å². The molecule has 0 saturated carbocycles. The van der Waals surface area contributed by atoms with Crippen LogP contribution in [0.4, 0.5) is 5.13 Å². The van der Waals surface area contributed by atoms with Crippen LogP contribution in [0.2, 0.25) is 0 Å². The van der Waals surface area contributed by atoms with Crippen LogP contribution in [0.3, 0.4) is 0 Å². The fourth-order valence-electron chi connectivity index (χ4n) is 2.58. The van der Waals surface area contributed by atoms with Crippen LogP contribution in [-0.4, -0.2) is 25.7 Å². The number of carbonyl (C=O) groups excluding carboxylic acids is 1. The number of furan rings is 1. The Morgan fingerprint density at radius 3 is 2.96 bits per heavy atom. The van der Waals surface area contributed by atoms with Crippen LogP contribution in [0.15, 0.2) is 46.7 Å². The Bertz CT molecular complexity index is 1020. The molecule has 0 bridgehead atoms. The molecular formula is C17H15N5O2S. The number of thiazole rings is 1. The van der Waals surface area contributed by atoms with Gasteiger partial charge < -0.3 is 4.42 Å². The van der Waals surface area contributed by atoms with Gasteiger partial charge in [0.2, 0.25) is 0 Å². The van der Waals surface area contributed by atoms with Crippen LogP contribution in [0, 0.1) is 0 Å². The smallest absolute Gasteiger partial charge is 0.258 e. The average Bonchev–Trinajstić information content (AvgIpc) is 3.34. The zero-order valence-electron chi connectivity index (χ0n) is 13.6. The number of amides is 1. The Morgan fingerprint density at radius 1 is 1.40 bits per heavy atom. The first kappa shape index (κ1) is 15.5. The summed E-state index contributed by atoms with van der Waals surface area (Å²) >= 11 is 1.37. The van der Waals surface area contributed by atoms with Gasteiger partial charge in [0.1, 0.15) is 5.69 Å². The fourth-order valence-corrected chi connectivity index (χ4v) is 3.11. The average molecular weight is 353 g/mol. The quantitative estimate of drug-likeness (QED) is 0.600. The minimum absolute atomic E-state index is 0.117. The van der Waals surface area contributed by atoms with E-state index in [2.05, 4.69) is 20.4 Å². The number of aromatic nitrogens is 4. The van der Waals surface area contributed by atoms with Crippen LogP contribution in [0.25, 0.3) is 22.5 Å². The third kappa shape index (κ3) is 2.80. The van der Waals surface area contributed by atoms with Crippen molar-refractivity contribution in [1.82, 2.24) is 19.7 Å². The molecule has 0 saturated heterocycles. The third-order valence-electron chi connectivity index (χ3n) is 3.73. The molecule has 8 heteroatoms. The fraction of sp³-hybridized carbons (Fsp3) is 0.176. The molecule has 0 radical (unpaired) electrons. The Morgan fingerprint density at radius 2 is 2.28 bits per heavy atom. The van der Waals surface area contributed by atoms with E-state index in [-0.39, 0.29) is 11.9 Å². The van der Waals surface area contributed by atoms with Crippen LogP contribution in [-0.2, 0) is 0 Å². The van der Waals surface area contributed by atoms with Gasteiger partial charge in [-0.1, -0.05) is 0 Å². The molecule has 4 aromatic rings. The Balaban J connectivity index is 1.88. The Labute approximate surface area is 147 Å². The number of hydrogen-bond donors (Lipinski definition) is 1. The molecule has 0 unspecified atom stereocenters. The highest BCUT2D eigenvalue weighted by Crippen LogP contribution is 2.27. The molecule has 0 fully saturated rings. The minimum atomic E-state index is -0.251. The lowest BCUT2D eigenvalue weighted by molar-refractivity contribution is 0.102. The highest BCUT2D eigenvalue weighted by atomic mass is 32.1. The molecule has 4 aromatic heterocycles. The maximum absolute atomic E-state index is 12.8. The predicted molar refractivity (Wildman–Crippen MR) is 95.7 cm³/mol. The second kappa shape index (κ2) is 6.14. The summed E-state index contributed by atoms with van der Waals surface area (Å²) in [7, 11) is 0. The van der Waals surface area contributed by atoms with E-state index in [1.807, 2.05) is 25.3 Å². The van der Waals surface area contributed by atoms with E-state index >= 15 is 0 Å². The van der Waals surface area contributed by atoms with Crippen molar-refractivity contribution in [2.75, 3.05) is 5.32 Å². The second-order valence-electron chi connectivity index (χ2n) is 5.74. The Kier molecular flexibility index (Phi) is 3.81. The molecule has 1 amide bonds. The maximum Gasteiger partial charge on any atom is 0.258 e. The first-order valence-electron chi connectivity index (χ1n) is 7.76. The predicted octanol–water partition coefficient (Wildman–Crippen LogP) is 3.98. The van der Waals surface area contributed by atoms with Gasteiger partial charge in [0.05, 0.1) is 23.4 Å². The lowest BCUT2D eigenvalue weighted by Crippen LogP contribution is -2.13. The molecule has 7 nitrogen and oxygen atoms in total. The molecule has 126 valence electrons. The van der Waals surface area contributed by atoms with Crippen molar-refractivity contribution in [3.63, 3.8) is 0 Å². The topological polar surface area (TPSA) is 85.8 Å². The maximum atomic E-state index is 12.8. The summed E-state index contributed by atoms with van der Waals surface area (Å²) < 4.78 is 7.25. The van der Waals surface area contributed by atoms with Gasteiger partial charge in [0.25, 0.3) is 5.91 Å². The molecule has 4 heterocycles. The molecule has 0 spiro atoms. The number of nitrogens with one attached hydrogen (secondary N) is 1. The van der Waals surface area contributed by atoms with Crippen molar-refractivity contribution in [3.05, 3.63) is 47.8 Å². The van der Waals surface area contributed by atoms with Crippen molar-refractivity contribution < 1.29 is 9.21 Å². The van der Waals surface area contributed by atoms with Gasteiger partial charge in [0.15, 0.2) is 16.5 Å². The zero-order chi connectivity index (χ0) is 17.4. The molecule has 0 aromatic carbocycles. The van der Waals surface area contributed by atoms with Gasteiger partial charge in [-0.3, -0.25) is 10.1 Å². The lowest BCUT2D eigenvalue weighted by atomic mass is 10.1. The van der Waals surface area contributed by atoms with Crippen LogP contribution in [0.5, 0.6) is 0 Å². The summed E-state index contributed by atoms with van der Waals surface area (Å²) in [5.74, 6) is 0.347. The normalized spacial score (nSPS) is 11.3. The summed E-state index contributed by atoms with van der Waals surface area (Å²) in [5.41, 5.74) is 1.72. The summed E-state index contributed by atoms with van der Waals surface area (Å²) in [4.78, 5) is 21.5. The van der Waals surface area contributed by atoms with Gasteiger partial charge in [0, 0.05) is 17.6 Å². The monoisotopic (exact) mass is 353 g/mol. The highest BCUT2D eigenvalue weighted by Gasteiger charge is 2.19. The second-order valence-corrected chi connectivity index (χ2v) is 6.64. The summed E-state index contributed by atoms with van der Waals surface area (Å²) in [6.07, 6.45) is 4.90. The van der Waals surface area contributed by atoms with Crippen molar-refractivity contribution in [2.45, 2.75) is 19.9 Å². The van der Waals surface area contributed by atoms with E-state index in [0.717, 1.165) is 0 Å². The SMILES string of the molecule is CC(C)n1ncc2c(C(=O)Nc3nccs3)cc(-c3ccco3)nc21. The van der Waals surface area contributed by atoms with E-state index in [9.17, 15) is 4.79 Å². The van der Waals surface area contributed by atoms with Crippen molar-refractivity contribution in [2.24, 2.45) is 0 Å². The lowest BCUT2D eigenvalue weighted by Gasteiger charge is -2.09. The highest BCUT2D eigenvalue weighted by molar-refractivity contribution is 7.13. The number of pyridine rings is 1. The van der Waals surface area contributed by atoms with E-state index in [1.165, 1.54) is 11.3 Å². The number of fused-ring (bicyclic) bond motifs is 1. The van der Waals surface area contributed by atoms with Crippen molar-refractivity contribution in [3.8, 4) is 11.5 Å². The number of anilines is 1. The standard InChI is InChI=1S/C17H15N5O2S/c1-10(2)22-15-12(9-19-22)11(16(23)21-17-18-5-7-25-17)8-13(20-15)14-4-3-6-24-14/h3-10H,1-2H3,(H,18,21,23). The molecule has 1 N–H and O–H groups in total. The number of rotatable bonds is 4. The number of nitrogens with zero attached hydrogens (tertiary/aromatic N) is 4. The van der Waals surface area contributed by atoms with Gasteiger partial charge in [-0.25, -0.2) is 14.6 Å². The molecule has 0 aliphatic carbocycles. The molecule has 25 heavy (non-hydrogen) atoms. The van der Waals surface area contributed by atoms with Gasteiger partial charge in [-0.15, -0.1) is 11.3 Å².